The number of fused-ring (bicyclic) bond motifs is 2. The lowest BCUT2D eigenvalue weighted by atomic mass is 10.1. The average molecular weight is 312 g/mol. The van der Waals surface area contributed by atoms with Gasteiger partial charge in [0.15, 0.2) is 0 Å². The van der Waals surface area contributed by atoms with Crippen molar-refractivity contribution in [1.82, 2.24) is 4.98 Å². The number of hydrogen-bond acceptors (Lipinski definition) is 4. The normalized spacial score (nSPS) is 20.9. The number of hydrogen-bond donors (Lipinski definition) is 0. The lowest BCUT2D eigenvalue weighted by Crippen LogP contribution is -2.14. The van der Waals surface area contributed by atoms with Crippen LogP contribution in [0.3, 0.4) is 0 Å². The molecule has 4 nitrogen and oxygen atoms in total. The Morgan fingerprint density at radius 1 is 1.44 bits per heavy atom. The zero-order valence-electron chi connectivity index (χ0n) is 10.2. The summed E-state index contributed by atoms with van der Waals surface area (Å²) in [6, 6.07) is 0. The maximum Gasteiger partial charge on any atom is 0.303 e. The second-order valence-electron chi connectivity index (χ2n) is 4.66. The summed E-state index contributed by atoms with van der Waals surface area (Å²) >= 11 is 3.65. The van der Waals surface area contributed by atoms with Gasteiger partial charge in [-0.25, -0.2) is 4.98 Å². The second kappa shape index (κ2) is 4.53. The van der Waals surface area contributed by atoms with E-state index in [9.17, 15) is 4.79 Å². The summed E-state index contributed by atoms with van der Waals surface area (Å²) < 4.78 is 12.0. The fourth-order valence-corrected chi connectivity index (χ4v) is 3.39. The minimum atomic E-state index is -0.260. The van der Waals surface area contributed by atoms with Crippen molar-refractivity contribution < 1.29 is 14.3 Å². The van der Waals surface area contributed by atoms with E-state index in [0.29, 0.717) is 12.5 Å². The van der Waals surface area contributed by atoms with Crippen LogP contribution in [0.15, 0.2) is 4.47 Å². The molecular formula is C13H14BrNO3. The SMILES string of the molecule is CC(=O)OC1CCc2c1nc1c(c2Br)CCCO1. The molecule has 5 heteroatoms. The van der Waals surface area contributed by atoms with Crippen molar-refractivity contribution in [3.8, 4) is 5.88 Å². The number of esters is 1. The summed E-state index contributed by atoms with van der Waals surface area (Å²) in [7, 11) is 0. The molecule has 1 aliphatic heterocycles. The van der Waals surface area contributed by atoms with E-state index < -0.39 is 0 Å². The first kappa shape index (κ1) is 12.0. The summed E-state index contributed by atoms with van der Waals surface area (Å²) in [6.45, 7) is 2.14. The highest BCUT2D eigenvalue weighted by Crippen LogP contribution is 2.42. The summed E-state index contributed by atoms with van der Waals surface area (Å²) in [5, 5.41) is 0. The van der Waals surface area contributed by atoms with E-state index in [2.05, 4.69) is 20.9 Å². The third kappa shape index (κ3) is 1.90. The van der Waals surface area contributed by atoms with Crippen LogP contribution in [0.2, 0.25) is 0 Å². The molecule has 0 saturated carbocycles. The molecule has 0 aromatic carbocycles. The van der Waals surface area contributed by atoms with Crippen molar-refractivity contribution >= 4 is 21.9 Å². The van der Waals surface area contributed by atoms with E-state index in [1.54, 1.807) is 0 Å². The van der Waals surface area contributed by atoms with Crippen molar-refractivity contribution in [3.05, 3.63) is 21.3 Å². The molecule has 1 aliphatic carbocycles. The molecule has 0 radical (unpaired) electrons. The van der Waals surface area contributed by atoms with Crippen LogP contribution < -0.4 is 4.74 Å². The van der Waals surface area contributed by atoms with Gasteiger partial charge in [-0.05, 0) is 47.2 Å². The van der Waals surface area contributed by atoms with Gasteiger partial charge in [-0.3, -0.25) is 4.79 Å². The van der Waals surface area contributed by atoms with Crippen molar-refractivity contribution in [1.29, 1.82) is 0 Å². The standard InChI is InChI=1S/C13H14BrNO3/c1-7(16)18-10-5-4-8-11(14)9-3-2-6-17-13(9)15-12(8)10/h10H,2-6H2,1H3. The Balaban J connectivity index is 2.03. The zero-order chi connectivity index (χ0) is 12.7. The lowest BCUT2D eigenvalue weighted by Gasteiger charge is -2.20. The Hall–Kier alpha value is -1.10. The molecular weight excluding hydrogens is 298 g/mol. The van der Waals surface area contributed by atoms with E-state index in [-0.39, 0.29) is 12.1 Å². The highest BCUT2D eigenvalue weighted by molar-refractivity contribution is 9.10. The van der Waals surface area contributed by atoms with Crippen molar-refractivity contribution in [3.63, 3.8) is 0 Å². The van der Waals surface area contributed by atoms with E-state index in [1.807, 2.05) is 0 Å². The van der Waals surface area contributed by atoms with E-state index in [4.69, 9.17) is 9.47 Å². The molecule has 2 aliphatic rings. The maximum absolute atomic E-state index is 11.1. The molecule has 0 fully saturated rings. The molecule has 0 saturated heterocycles. The van der Waals surface area contributed by atoms with Gasteiger partial charge in [0.25, 0.3) is 0 Å². The number of ether oxygens (including phenoxy) is 2. The smallest absolute Gasteiger partial charge is 0.303 e. The fourth-order valence-electron chi connectivity index (χ4n) is 2.62. The minimum absolute atomic E-state index is 0.218. The molecule has 0 bridgehead atoms. The van der Waals surface area contributed by atoms with Gasteiger partial charge in [0.1, 0.15) is 6.10 Å². The monoisotopic (exact) mass is 311 g/mol. The minimum Gasteiger partial charge on any atom is -0.477 e. The molecule has 18 heavy (non-hydrogen) atoms. The zero-order valence-corrected chi connectivity index (χ0v) is 11.7. The Morgan fingerprint density at radius 3 is 3.06 bits per heavy atom. The Labute approximate surface area is 114 Å². The highest BCUT2D eigenvalue weighted by atomic mass is 79.9. The van der Waals surface area contributed by atoms with Crippen LogP contribution in [-0.4, -0.2) is 17.6 Å². The van der Waals surface area contributed by atoms with Gasteiger partial charge >= 0.3 is 5.97 Å². The van der Waals surface area contributed by atoms with E-state index in [1.165, 1.54) is 12.5 Å². The number of rotatable bonds is 1. The molecule has 1 aromatic heterocycles. The van der Waals surface area contributed by atoms with Gasteiger partial charge in [-0.2, -0.15) is 0 Å². The van der Waals surface area contributed by atoms with Crippen LogP contribution in [0.5, 0.6) is 5.88 Å². The second-order valence-corrected chi connectivity index (χ2v) is 5.46. The lowest BCUT2D eigenvalue weighted by molar-refractivity contribution is -0.146. The predicted octanol–water partition coefficient (Wildman–Crippen LogP) is 2.72. The first-order valence-corrected chi connectivity index (χ1v) is 6.97. The summed E-state index contributed by atoms with van der Waals surface area (Å²) in [4.78, 5) is 15.6. The Bertz CT molecular complexity index is 515. The van der Waals surface area contributed by atoms with Crippen LogP contribution in [0.1, 0.15) is 42.7 Å². The van der Waals surface area contributed by atoms with E-state index >= 15 is 0 Å². The molecule has 1 atom stereocenters. The van der Waals surface area contributed by atoms with E-state index in [0.717, 1.165) is 41.4 Å². The van der Waals surface area contributed by atoms with Gasteiger partial charge in [0.05, 0.1) is 12.3 Å². The Morgan fingerprint density at radius 2 is 2.28 bits per heavy atom. The number of aromatic nitrogens is 1. The molecule has 0 N–H and O–H groups in total. The van der Waals surface area contributed by atoms with Crippen molar-refractivity contribution in [2.45, 2.75) is 38.7 Å². The van der Waals surface area contributed by atoms with Gasteiger partial charge in [-0.15, -0.1) is 0 Å². The van der Waals surface area contributed by atoms with Gasteiger partial charge < -0.3 is 9.47 Å². The summed E-state index contributed by atoms with van der Waals surface area (Å²) in [5.41, 5.74) is 3.19. The van der Waals surface area contributed by atoms with Crippen LogP contribution in [-0.2, 0) is 22.4 Å². The number of pyridine rings is 1. The third-order valence-electron chi connectivity index (χ3n) is 3.40. The van der Waals surface area contributed by atoms with Gasteiger partial charge in [0, 0.05) is 17.0 Å². The Kier molecular flexibility index (Phi) is 3.01. The number of halogens is 1. The molecule has 2 heterocycles. The largest absolute Gasteiger partial charge is 0.477 e. The summed E-state index contributed by atoms with van der Waals surface area (Å²) in [5.74, 6) is 0.440. The molecule has 1 aromatic rings. The maximum atomic E-state index is 11.1. The first-order chi connectivity index (χ1) is 8.66. The van der Waals surface area contributed by atoms with Gasteiger partial charge in [-0.1, -0.05) is 0 Å². The number of nitrogens with zero attached hydrogens (tertiary/aromatic N) is 1. The van der Waals surface area contributed by atoms with Crippen LogP contribution in [0, 0.1) is 0 Å². The fraction of sp³-hybridized carbons (Fsp3) is 0.538. The quantitative estimate of drug-likeness (QED) is 0.748. The van der Waals surface area contributed by atoms with Crippen LogP contribution >= 0.6 is 15.9 Å². The molecule has 1 unspecified atom stereocenters. The van der Waals surface area contributed by atoms with Crippen molar-refractivity contribution in [2.24, 2.45) is 0 Å². The van der Waals surface area contributed by atoms with Crippen LogP contribution in [0.25, 0.3) is 0 Å². The predicted molar refractivity (Wildman–Crippen MR) is 68.6 cm³/mol. The highest BCUT2D eigenvalue weighted by Gasteiger charge is 2.32. The molecule has 3 rings (SSSR count). The molecule has 0 amide bonds. The first-order valence-electron chi connectivity index (χ1n) is 6.18. The number of carbonyl (C=O) groups is 1. The summed E-state index contributed by atoms with van der Waals surface area (Å²) in [6.07, 6.45) is 3.51. The van der Waals surface area contributed by atoms with Crippen molar-refractivity contribution in [2.75, 3.05) is 6.61 Å². The molecule has 96 valence electrons. The number of carbonyl (C=O) groups excluding carboxylic acids is 1. The topological polar surface area (TPSA) is 48.4 Å². The molecule has 0 spiro atoms. The average Bonchev–Trinajstić information content (AvgIpc) is 2.73. The van der Waals surface area contributed by atoms with Gasteiger partial charge in [0.2, 0.25) is 5.88 Å². The third-order valence-corrected chi connectivity index (χ3v) is 4.36. The van der Waals surface area contributed by atoms with Crippen LogP contribution in [0.4, 0.5) is 0 Å².